The number of hydrogen-bond donors (Lipinski definition) is 2. The largest absolute Gasteiger partial charge is 0.388 e. The van der Waals surface area contributed by atoms with Gasteiger partial charge < -0.3 is 10.8 Å². The van der Waals surface area contributed by atoms with Crippen molar-refractivity contribution in [1.29, 1.82) is 0 Å². The second-order valence-electron chi connectivity index (χ2n) is 4.67. The van der Waals surface area contributed by atoms with Crippen LogP contribution in [0.1, 0.15) is 58.2 Å². The minimum absolute atomic E-state index is 0.0508. The Labute approximate surface area is 103 Å². The first-order valence-corrected chi connectivity index (χ1v) is 6.42. The van der Waals surface area contributed by atoms with Crippen LogP contribution in [0.5, 0.6) is 0 Å². The first-order chi connectivity index (χ1) is 8.04. The molecule has 1 unspecified atom stereocenters. The highest BCUT2D eigenvalue weighted by Crippen LogP contribution is 2.18. The lowest BCUT2D eigenvalue weighted by Gasteiger charge is -2.24. The Balaban J connectivity index is 2.68. The van der Waals surface area contributed by atoms with Crippen LogP contribution in [-0.2, 0) is 6.54 Å². The Morgan fingerprint density at radius 2 is 2.06 bits per heavy atom. The summed E-state index contributed by atoms with van der Waals surface area (Å²) in [5, 5.41) is 18.3. The molecular formula is C12H24N4O. The van der Waals surface area contributed by atoms with Crippen LogP contribution >= 0.6 is 0 Å². The van der Waals surface area contributed by atoms with Crippen LogP contribution in [-0.4, -0.2) is 25.7 Å². The van der Waals surface area contributed by atoms with Gasteiger partial charge >= 0.3 is 0 Å². The first kappa shape index (κ1) is 14.1. The summed E-state index contributed by atoms with van der Waals surface area (Å²) in [5.41, 5.74) is 6.08. The van der Waals surface area contributed by atoms with Crippen molar-refractivity contribution in [2.75, 3.05) is 0 Å². The predicted octanol–water partition coefficient (Wildman–Crippen LogP) is 1.63. The third-order valence-corrected chi connectivity index (χ3v) is 3.31. The maximum Gasteiger partial charge on any atom is 0.0994 e. The monoisotopic (exact) mass is 240 g/mol. The normalized spacial score (nSPS) is 13.9. The summed E-state index contributed by atoms with van der Waals surface area (Å²) < 4.78 is 1.69. The molecule has 1 rings (SSSR count). The van der Waals surface area contributed by atoms with Gasteiger partial charge in [0.25, 0.3) is 0 Å². The maximum absolute atomic E-state index is 10.2. The van der Waals surface area contributed by atoms with E-state index in [0.29, 0.717) is 19.4 Å². The van der Waals surface area contributed by atoms with Crippen molar-refractivity contribution in [3.8, 4) is 0 Å². The highest BCUT2D eigenvalue weighted by Gasteiger charge is 2.23. The lowest BCUT2D eigenvalue weighted by molar-refractivity contribution is 0.0114. The topological polar surface area (TPSA) is 77.0 Å². The molecule has 0 aliphatic heterocycles. The van der Waals surface area contributed by atoms with E-state index in [2.05, 4.69) is 17.2 Å². The molecule has 0 radical (unpaired) electrons. The van der Waals surface area contributed by atoms with E-state index in [0.717, 1.165) is 18.5 Å². The van der Waals surface area contributed by atoms with E-state index in [1.54, 1.807) is 4.68 Å². The molecule has 5 nitrogen and oxygen atoms in total. The van der Waals surface area contributed by atoms with Crippen LogP contribution < -0.4 is 5.73 Å². The molecule has 5 heteroatoms. The highest BCUT2D eigenvalue weighted by molar-refractivity contribution is 4.99. The summed E-state index contributed by atoms with van der Waals surface area (Å²) in [7, 11) is 0. The van der Waals surface area contributed by atoms with Crippen molar-refractivity contribution in [1.82, 2.24) is 15.0 Å². The second kappa shape index (κ2) is 6.12. The molecular weight excluding hydrogens is 216 g/mol. The van der Waals surface area contributed by atoms with Crippen LogP contribution in [0.25, 0.3) is 0 Å². The average Bonchev–Trinajstić information content (AvgIpc) is 2.77. The molecule has 98 valence electrons. The van der Waals surface area contributed by atoms with Crippen molar-refractivity contribution in [2.45, 2.75) is 64.6 Å². The van der Waals surface area contributed by atoms with Gasteiger partial charge in [-0.15, -0.1) is 5.10 Å². The van der Waals surface area contributed by atoms with Crippen molar-refractivity contribution in [2.24, 2.45) is 5.73 Å². The molecule has 3 N–H and O–H groups in total. The first-order valence-electron chi connectivity index (χ1n) is 6.42. The van der Waals surface area contributed by atoms with Crippen molar-refractivity contribution < 1.29 is 5.11 Å². The fourth-order valence-electron chi connectivity index (χ4n) is 1.79. The number of aromatic nitrogens is 3. The summed E-state index contributed by atoms with van der Waals surface area (Å²) in [4.78, 5) is 0. The molecule has 1 atom stereocenters. The molecule has 0 aliphatic rings. The van der Waals surface area contributed by atoms with Crippen molar-refractivity contribution >= 4 is 0 Å². The van der Waals surface area contributed by atoms with Gasteiger partial charge in [-0.2, -0.15) is 0 Å². The van der Waals surface area contributed by atoms with Gasteiger partial charge in [0.05, 0.1) is 30.1 Å². The average molecular weight is 240 g/mol. The van der Waals surface area contributed by atoms with Gasteiger partial charge in [0.1, 0.15) is 0 Å². The zero-order chi connectivity index (χ0) is 12.9. The molecule has 1 aromatic heterocycles. The minimum Gasteiger partial charge on any atom is -0.388 e. The molecule has 1 heterocycles. The Morgan fingerprint density at radius 3 is 2.59 bits per heavy atom. The zero-order valence-corrected chi connectivity index (χ0v) is 11.1. The third kappa shape index (κ3) is 3.78. The van der Waals surface area contributed by atoms with Gasteiger partial charge in [-0.05, 0) is 19.3 Å². The van der Waals surface area contributed by atoms with E-state index in [-0.39, 0.29) is 6.04 Å². The third-order valence-electron chi connectivity index (χ3n) is 3.31. The Morgan fingerprint density at radius 1 is 1.41 bits per heavy atom. The van der Waals surface area contributed by atoms with Crippen LogP contribution in [0.4, 0.5) is 0 Å². The Hall–Kier alpha value is -0.940. The van der Waals surface area contributed by atoms with Crippen LogP contribution in [0, 0.1) is 0 Å². The molecule has 0 aromatic carbocycles. The van der Waals surface area contributed by atoms with Crippen molar-refractivity contribution in [3.63, 3.8) is 0 Å². The molecule has 0 saturated heterocycles. The summed E-state index contributed by atoms with van der Waals surface area (Å²) in [6.07, 6.45) is 5.20. The molecule has 1 aromatic rings. The van der Waals surface area contributed by atoms with E-state index in [4.69, 9.17) is 5.73 Å². The van der Waals surface area contributed by atoms with Crippen molar-refractivity contribution in [3.05, 3.63) is 11.9 Å². The van der Waals surface area contributed by atoms with Gasteiger partial charge in [0.2, 0.25) is 0 Å². The highest BCUT2D eigenvalue weighted by atomic mass is 16.3. The molecule has 0 spiro atoms. The van der Waals surface area contributed by atoms with E-state index in [1.165, 1.54) is 0 Å². The van der Waals surface area contributed by atoms with Crippen LogP contribution in [0.2, 0.25) is 0 Å². The van der Waals surface area contributed by atoms with Gasteiger partial charge in [-0.3, -0.25) is 0 Å². The van der Waals surface area contributed by atoms with Gasteiger partial charge in [-0.25, -0.2) is 4.68 Å². The number of nitrogens with zero attached hydrogens (tertiary/aromatic N) is 3. The Kier molecular flexibility index (Phi) is 5.08. The standard InChI is InChI=1S/C12H24N4O/c1-4-7-10(13)11-8-16(15-14-11)9-12(17,5-2)6-3/h8,10,17H,4-7,9,13H2,1-3H3. The SMILES string of the molecule is CCCC(N)c1cn(CC(O)(CC)CC)nn1. The summed E-state index contributed by atoms with van der Waals surface area (Å²) >= 11 is 0. The summed E-state index contributed by atoms with van der Waals surface area (Å²) in [5.74, 6) is 0. The zero-order valence-electron chi connectivity index (χ0n) is 11.1. The van der Waals surface area contributed by atoms with E-state index >= 15 is 0 Å². The second-order valence-corrected chi connectivity index (χ2v) is 4.67. The van der Waals surface area contributed by atoms with Gasteiger partial charge in [0, 0.05) is 0 Å². The number of rotatable bonds is 7. The van der Waals surface area contributed by atoms with Gasteiger partial charge in [0.15, 0.2) is 0 Å². The summed E-state index contributed by atoms with van der Waals surface area (Å²) in [6, 6.07) is -0.0508. The predicted molar refractivity (Wildman–Crippen MR) is 67.4 cm³/mol. The van der Waals surface area contributed by atoms with Crippen LogP contribution in [0.15, 0.2) is 6.20 Å². The van der Waals surface area contributed by atoms with E-state index < -0.39 is 5.60 Å². The minimum atomic E-state index is -0.695. The number of nitrogens with two attached hydrogens (primary N) is 1. The molecule has 0 saturated carbocycles. The molecule has 17 heavy (non-hydrogen) atoms. The van der Waals surface area contributed by atoms with E-state index in [1.807, 2.05) is 20.0 Å². The van der Waals surface area contributed by atoms with Crippen LogP contribution in [0.3, 0.4) is 0 Å². The van der Waals surface area contributed by atoms with E-state index in [9.17, 15) is 5.11 Å². The summed E-state index contributed by atoms with van der Waals surface area (Å²) in [6.45, 7) is 6.53. The quantitative estimate of drug-likeness (QED) is 0.759. The smallest absolute Gasteiger partial charge is 0.0994 e. The maximum atomic E-state index is 10.2. The molecule has 0 aliphatic carbocycles. The Bertz CT molecular complexity index is 333. The number of hydrogen-bond acceptors (Lipinski definition) is 4. The lowest BCUT2D eigenvalue weighted by Crippen LogP contribution is -2.32. The van der Waals surface area contributed by atoms with Gasteiger partial charge in [-0.1, -0.05) is 32.4 Å². The fraction of sp³-hybridized carbons (Fsp3) is 0.833. The molecule has 0 fully saturated rings. The number of aliphatic hydroxyl groups is 1. The fourth-order valence-corrected chi connectivity index (χ4v) is 1.79. The molecule has 0 amide bonds. The lowest BCUT2D eigenvalue weighted by atomic mass is 9.98. The molecule has 0 bridgehead atoms.